The highest BCUT2D eigenvalue weighted by atomic mass is 16.1. The average Bonchev–Trinajstić information content (AvgIpc) is 3.42. The van der Waals surface area contributed by atoms with Gasteiger partial charge in [-0.2, -0.15) is 0 Å². The van der Waals surface area contributed by atoms with Crippen molar-refractivity contribution in [2.24, 2.45) is 5.73 Å². The molecule has 1 unspecified atom stereocenters. The zero-order chi connectivity index (χ0) is 19.8. The molecule has 0 spiro atoms. The van der Waals surface area contributed by atoms with E-state index >= 15 is 0 Å². The minimum atomic E-state index is -0.594. The van der Waals surface area contributed by atoms with Crippen molar-refractivity contribution in [2.45, 2.75) is 19.0 Å². The molecule has 1 aromatic carbocycles. The second-order valence-corrected chi connectivity index (χ2v) is 7.05. The van der Waals surface area contributed by atoms with Crippen LogP contribution < -0.4 is 20.9 Å². The third-order valence-corrected chi connectivity index (χ3v) is 5.19. The molecule has 29 heavy (non-hydrogen) atoms. The molecule has 1 amide bonds. The summed E-state index contributed by atoms with van der Waals surface area (Å²) in [5.74, 6) is 0.539. The Hall–Kier alpha value is -3.75. The van der Waals surface area contributed by atoms with Crippen LogP contribution in [0.4, 0.5) is 23.3 Å². The summed E-state index contributed by atoms with van der Waals surface area (Å²) in [6, 6.07) is 9.37. The summed E-state index contributed by atoms with van der Waals surface area (Å²) < 4.78 is 0. The van der Waals surface area contributed by atoms with Crippen molar-refractivity contribution in [1.82, 2.24) is 19.9 Å². The highest BCUT2D eigenvalue weighted by Gasteiger charge is 2.33. The number of anilines is 4. The molecular formula is C20H20N8O. The maximum Gasteiger partial charge on any atom is 0.267 e. The summed E-state index contributed by atoms with van der Waals surface area (Å²) in [6.45, 7) is 1.98. The third kappa shape index (κ3) is 3.10. The minimum Gasteiger partial charge on any atom is -0.364 e. The lowest BCUT2D eigenvalue weighted by atomic mass is 10.2. The zero-order valence-corrected chi connectivity index (χ0v) is 15.7. The number of amides is 1. The number of hydrogen-bond donors (Lipinski definition) is 2. The van der Waals surface area contributed by atoms with Gasteiger partial charge in [-0.3, -0.25) is 9.69 Å². The Morgan fingerprint density at radius 3 is 2.55 bits per heavy atom. The lowest BCUT2D eigenvalue weighted by Crippen LogP contribution is -2.27. The molecule has 3 aromatic rings. The van der Waals surface area contributed by atoms with Crippen molar-refractivity contribution in [3.05, 3.63) is 60.2 Å². The number of nitrogens with zero attached hydrogens (tertiary/aromatic N) is 6. The molecule has 9 nitrogen and oxygen atoms in total. The lowest BCUT2D eigenvalue weighted by Gasteiger charge is -2.25. The summed E-state index contributed by atoms with van der Waals surface area (Å²) in [5, 5.41) is 3.47. The summed E-state index contributed by atoms with van der Waals surface area (Å²) in [6.07, 6.45) is 7.23. The van der Waals surface area contributed by atoms with E-state index in [4.69, 9.17) is 5.73 Å². The molecule has 4 heterocycles. The van der Waals surface area contributed by atoms with Gasteiger partial charge in [-0.05, 0) is 31.0 Å². The van der Waals surface area contributed by atoms with E-state index in [1.807, 2.05) is 41.6 Å². The SMILES string of the molecule is NC(=O)c1ccnc(N2c3ccccc3NC2c2cnc(N3CCCC3)nc2)n1. The van der Waals surface area contributed by atoms with Crippen molar-refractivity contribution in [3.63, 3.8) is 0 Å². The predicted molar refractivity (Wildman–Crippen MR) is 109 cm³/mol. The van der Waals surface area contributed by atoms with Crippen LogP contribution >= 0.6 is 0 Å². The largest absolute Gasteiger partial charge is 0.364 e. The number of benzene rings is 1. The van der Waals surface area contributed by atoms with Crippen LogP contribution in [0.1, 0.15) is 35.1 Å². The van der Waals surface area contributed by atoms with Gasteiger partial charge in [0.15, 0.2) is 0 Å². The molecule has 3 N–H and O–H groups in total. The molecule has 1 fully saturated rings. The lowest BCUT2D eigenvalue weighted by molar-refractivity contribution is 0.0995. The summed E-state index contributed by atoms with van der Waals surface area (Å²) in [4.78, 5) is 33.6. The molecule has 0 aliphatic carbocycles. The number of fused-ring (bicyclic) bond motifs is 1. The van der Waals surface area contributed by atoms with Crippen LogP contribution in [0.2, 0.25) is 0 Å². The van der Waals surface area contributed by atoms with Crippen LogP contribution in [-0.4, -0.2) is 38.9 Å². The molecule has 1 saturated heterocycles. The van der Waals surface area contributed by atoms with Gasteiger partial charge in [0.25, 0.3) is 5.91 Å². The molecular weight excluding hydrogens is 368 g/mol. The van der Waals surface area contributed by atoms with Crippen molar-refractivity contribution in [2.75, 3.05) is 28.2 Å². The summed E-state index contributed by atoms with van der Waals surface area (Å²) in [5.41, 5.74) is 8.29. The normalized spacial score (nSPS) is 17.9. The summed E-state index contributed by atoms with van der Waals surface area (Å²) >= 11 is 0. The molecule has 2 aliphatic heterocycles. The second-order valence-electron chi connectivity index (χ2n) is 7.05. The van der Waals surface area contributed by atoms with Crippen LogP contribution in [0, 0.1) is 0 Å². The van der Waals surface area contributed by atoms with E-state index in [0.29, 0.717) is 5.95 Å². The molecule has 0 saturated carbocycles. The van der Waals surface area contributed by atoms with Crippen LogP contribution in [0.25, 0.3) is 0 Å². The number of nitrogens with two attached hydrogens (primary N) is 1. The van der Waals surface area contributed by atoms with Crippen molar-refractivity contribution in [3.8, 4) is 0 Å². The molecule has 0 radical (unpaired) electrons. The number of carbonyl (C=O) groups excluding carboxylic acids is 1. The molecule has 2 aliphatic rings. The van der Waals surface area contributed by atoms with Crippen molar-refractivity contribution >= 4 is 29.2 Å². The van der Waals surface area contributed by atoms with E-state index in [2.05, 4.69) is 30.2 Å². The Morgan fingerprint density at radius 1 is 1.03 bits per heavy atom. The van der Waals surface area contributed by atoms with Gasteiger partial charge in [-0.15, -0.1) is 0 Å². The number of para-hydroxylation sites is 2. The minimum absolute atomic E-state index is 0.166. The standard InChI is InChI=1S/C20H20N8O/c21-17(29)15-7-8-22-20(26-15)28-16-6-2-1-5-14(16)25-18(28)13-11-23-19(24-12-13)27-9-3-4-10-27/h1-2,5-8,11-12,18,25H,3-4,9-10H2,(H2,21,29). The van der Waals surface area contributed by atoms with Gasteiger partial charge in [-0.25, -0.2) is 19.9 Å². The van der Waals surface area contributed by atoms with Crippen LogP contribution in [-0.2, 0) is 0 Å². The fourth-order valence-corrected chi connectivity index (χ4v) is 3.77. The number of nitrogens with one attached hydrogen (secondary N) is 1. The highest BCUT2D eigenvalue weighted by Crippen LogP contribution is 2.44. The van der Waals surface area contributed by atoms with Crippen molar-refractivity contribution < 1.29 is 4.79 Å². The Bertz CT molecular complexity index is 1050. The van der Waals surface area contributed by atoms with Gasteiger partial charge in [-0.1, -0.05) is 12.1 Å². The van der Waals surface area contributed by atoms with E-state index in [1.165, 1.54) is 25.1 Å². The Labute approximate surface area is 167 Å². The third-order valence-electron chi connectivity index (χ3n) is 5.19. The van der Waals surface area contributed by atoms with Crippen LogP contribution in [0.15, 0.2) is 48.9 Å². The second kappa shape index (κ2) is 7.01. The van der Waals surface area contributed by atoms with Crippen molar-refractivity contribution in [1.29, 1.82) is 0 Å². The maximum absolute atomic E-state index is 11.6. The number of carbonyl (C=O) groups is 1. The van der Waals surface area contributed by atoms with E-state index in [0.717, 1.165) is 36.0 Å². The molecule has 1 atom stereocenters. The van der Waals surface area contributed by atoms with E-state index in [-0.39, 0.29) is 11.9 Å². The number of primary amides is 1. The topological polar surface area (TPSA) is 113 Å². The summed E-state index contributed by atoms with van der Waals surface area (Å²) in [7, 11) is 0. The Balaban J connectivity index is 1.53. The average molecular weight is 388 g/mol. The molecule has 2 aromatic heterocycles. The zero-order valence-electron chi connectivity index (χ0n) is 15.7. The maximum atomic E-state index is 11.6. The van der Waals surface area contributed by atoms with E-state index < -0.39 is 5.91 Å². The molecule has 5 rings (SSSR count). The van der Waals surface area contributed by atoms with Gasteiger partial charge in [0.05, 0.1) is 11.4 Å². The Kier molecular flexibility index (Phi) is 4.19. The number of hydrogen-bond acceptors (Lipinski definition) is 8. The van der Waals surface area contributed by atoms with Gasteiger partial charge in [0.2, 0.25) is 11.9 Å². The molecule has 0 bridgehead atoms. The van der Waals surface area contributed by atoms with Gasteiger partial charge in [0, 0.05) is 37.2 Å². The van der Waals surface area contributed by atoms with Gasteiger partial charge < -0.3 is 16.0 Å². The van der Waals surface area contributed by atoms with Crippen LogP contribution in [0.3, 0.4) is 0 Å². The van der Waals surface area contributed by atoms with E-state index in [1.54, 1.807) is 0 Å². The quantitative estimate of drug-likeness (QED) is 0.699. The first kappa shape index (κ1) is 17.4. The highest BCUT2D eigenvalue weighted by molar-refractivity contribution is 5.91. The molecule has 146 valence electrons. The first-order valence-electron chi connectivity index (χ1n) is 9.55. The van der Waals surface area contributed by atoms with Gasteiger partial charge in [0.1, 0.15) is 11.9 Å². The fourth-order valence-electron chi connectivity index (χ4n) is 3.77. The Morgan fingerprint density at radius 2 is 1.79 bits per heavy atom. The smallest absolute Gasteiger partial charge is 0.267 e. The van der Waals surface area contributed by atoms with Gasteiger partial charge >= 0.3 is 0 Å². The van der Waals surface area contributed by atoms with Crippen LogP contribution in [0.5, 0.6) is 0 Å². The van der Waals surface area contributed by atoms with E-state index in [9.17, 15) is 4.79 Å². The fraction of sp³-hybridized carbons (Fsp3) is 0.250. The first-order valence-corrected chi connectivity index (χ1v) is 9.55. The molecule has 9 heteroatoms. The first-order chi connectivity index (χ1) is 14.2. The number of rotatable bonds is 4. The predicted octanol–water partition coefficient (Wildman–Crippen LogP) is 2.23. The monoisotopic (exact) mass is 388 g/mol. The number of aromatic nitrogens is 4.